The van der Waals surface area contributed by atoms with Crippen molar-refractivity contribution in [2.24, 2.45) is 5.92 Å². The summed E-state index contributed by atoms with van der Waals surface area (Å²) in [4.78, 5) is 19.4. The average Bonchev–Trinajstić information content (AvgIpc) is 2.89. The lowest BCUT2D eigenvalue weighted by molar-refractivity contribution is -0.125. The molecule has 2 aromatic rings. The van der Waals surface area contributed by atoms with Gasteiger partial charge in [-0.15, -0.1) is 0 Å². The van der Waals surface area contributed by atoms with E-state index in [9.17, 15) is 4.79 Å². The van der Waals surface area contributed by atoms with Gasteiger partial charge in [0.05, 0.1) is 17.8 Å². The van der Waals surface area contributed by atoms with Gasteiger partial charge in [-0.1, -0.05) is 6.08 Å². The van der Waals surface area contributed by atoms with E-state index >= 15 is 0 Å². The molecule has 0 spiro atoms. The van der Waals surface area contributed by atoms with Crippen LogP contribution in [0.1, 0.15) is 25.1 Å². The van der Waals surface area contributed by atoms with Gasteiger partial charge in [-0.05, 0) is 26.8 Å². The summed E-state index contributed by atoms with van der Waals surface area (Å²) in [7, 11) is 0. The SMILES string of the molecule is C/C=C(\C)NC(=O)C1CN(c2c3c(nc4ccnn24)CCNCC3)C1. The van der Waals surface area contributed by atoms with Crippen LogP contribution >= 0.6 is 0 Å². The molecular weight excluding hydrogens is 316 g/mol. The molecule has 1 saturated heterocycles. The molecule has 4 heterocycles. The first kappa shape index (κ1) is 16.1. The van der Waals surface area contributed by atoms with E-state index in [1.807, 2.05) is 30.5 Å². The Bertz CT molecular complexity index is 833. The molecule has 2 aliphatic rings. The van der Waals surface area contributed by atoms with Crippen LogP contribution < -0.4 is 15.5 Å². The Labute approximate surface area is 147 Å². The number of anilines is 1. The highest BCUT2D eigenvalue weighted by atomic mass is 16.2. The molecule has 0 aromatic carbocycles. The van der Waals surface area contributed by atoms with Crippen molar-refractivity contribution in [3.8, 4) is 0 Å². The summed E-state index contributed by atoms with van der Waals surface area (Å²) in [5.74, 6) is 1.24. The Morgan fingerprint density at radius 1 is 1.36 bits per heavy atom. The van der Waals surface area contributed by atoms with Gasteiger partial charge in [0.25, 0.3) is 0 Å². The number of hydrogen-bond acceptors (Lipinski definition) is 5. The smallest absolute Gasteiger partial charge is 0.230 e. The van der Waals surface area contributed by atoms with Crippen LogP contribution in [0.3, 0.4) is 0 Å². The first-order valence-electron chi connectivity index (χ1n) is 8.92. The van der Waals surface area contributed by atoms with Crippen LogP contribution in [0.4, 0.5) is 5.82 Å². The number of fused-ring (bicyclic) bond motifs is 2. The number of allylic oxidation sites excluding steroid dienone is 2. The van der Waals surface area contributed by atoms with Gasteiger partial charge in [0.1, 0.15) is 5.82 Å². The quantitative estimate of drug-likeness (QED) is 0.868. The van der Waals surface area contributed by atoms with Crippen molar-refractivity contribution in [3.05, 3.63) is 35.3 Å². The van der Waals surface area contributed by atoms with Gasteiger partial charge in [-0.2, -0.15) is 9.61 Å². The molecule has 7 nitrogen and oxygen atoms in total. The van der Waals surface area contributed by atoms with E-state index < -0.39 is 0 Å². The topological polar surface area (TPSA) is 74.6 Å². The maximum atomic E-state index is 12.3. The summed E-state index contributed by atoms with van der Waals surface area (Å²) in [6, 6.07) is 1.95. The predicted octanol–water partition coefficient (Wildman–Crippen LogP) is 0.894. The van der Waals surface area contributed by atoms with Crippen molar-refractivity contribution >= 4 is 17.4 Å². The Morgan fingerprint density at radius 2 is 2.16 bits per heavy atom. The number of hydrogen-bond donors (Lipinski definition) is 2. The zero-order valence-electron chi connectivity index (χ0n) is 14.7. The number of carbonyl (C=O) groups excluding carboxylic acids is 1. The van der Waals surface area contributed by atoms with Crippen LogP contribution in [0.15, 0.2) is 24.0 Å². The van der Waals surface area contributed by atoms with Crippen LogP contribution in [0.25, 0.3) is 5.65 Å². The fourth-order valence-electron chi connectivity index (χ4n) is 3.53. The van der Waals surface area contributed by atoms with Crippen LogP contribution in [0.5, 0.6) is 0 Å². The van der Waals surface area contributed by atoms with Crippen LogP contribution in [0, 0.1) is 5.92 Å². The van der Waals surface area contributed by atoms with E-state index in [0.29, 0.717) is 0 Å². The van der Waals surface area contributed by atoms with E-state index in [1.165, 1.54) is 5.56 Å². The van der Waals surface area contributed by atoms with E-state index in [2.05, 4.69) is 20.6 Å². The Morgan fingerprint density at radius 3 is 2.96 bits per heavy atom. The minimum Gasteiger partial charge on any atom is -0.354 e. The maximum absolute atomic E-state index is 12.3. The van der Waals surface area contributed by atoms with E-state index in [0.717, 1.165) is 61.9 Å². The molecule has 0 atom stereocenters. The van der Waals surface area contributed by atoms with Crippen molar-refractivity contribution in [2.75, 3.05) is 31.1 Å². The predicted molar refractivity (Wildman–Crippen MR) is 96.5 cm³/mol. The summed E-state index contributed by atoms with van der Waals surface area (Å²) >= 11 is 0. The maximum Gasteiger partial charge on any atom is 0.230 e. The van der Waals surface area contributed by atoms with Crippen molar-refractivity contribution < 1.29 is 4.79 Å². The minimum atomic E-state index is 0.0215. The largest absolute Gasteiger partial charge is 0.354 e. The summed E-state index contributed by atoms with van der Waals surface area (Å²) in [5, 5.41) is 10.9. The second-order valence-electron chi connectivity index (χ2n) is 6.77. The van der Waals surface area contributed by atoms with Crippen molar-refractivity contribution in [3.63, 3.8) is 0 Å². The molecule has 0 unspecified atom stereocenters. The molecule has 1 amide bonds. The Kier molecular flexibility index (Phi) is 4.17. The molecule has 0 bridgehead atoms. The first-order chi connectivity index (χ1) is 12.2. The van der Waals surface area contributed by atoms with Gasteiger partial charge in [-0.3, -0.25) is 4.79 Å². The minimum absolute atomic E-state index is 0.0215. The summed E-state index contributed by atoms with van der Waals surface area (Å²) < 4.78 is 1.93. The third-order valence-electron chi connectivity index (χ3n) is 5.09. The lowest BCUT2D eigenvalue weighted by Crippen LogP contribution is -2.54. The fourth-order valence-corrected chi connectivity index (χ4v) is 3.53. The molecule has 2 aliphatic heterocycles. The molecule has 0 saturated carbocycles. The fraction of sp³-hybridized carbons (Fsp3) is 0.500. The second-order valence-corrected chi connectivity index (χ2v) is 6.77. The number of aromatic nitrogens is 3. The summed E-state index contributed by atoms with van der Waals surface area (Å²) in [6.45, 7) is 7.20. The van der Waals surface area contributed by atoms with Crippen molar-refractivity contribution in [1.82, 2.24) is 25.2 Å². The van der Waals surface area contributed by atoms with Crippen LogP contribution in [0.2, 0.25) is 0 Å². The lowest BCUT2D eigenvalue weighted by atomic mass is 9.97. The zero-order chi connectivity index (χ0) is 17.4. The molecule has 4 rings (SSSR count). The highest BCUT2D eigenvalue weighted by Gasteiger charge is 2.36. The Balaban J connectivity index is 1.61. The molecule has 7 heteroatoms. The normalized spacial score (nSPS) is 18.6. The third kappa shape index (κ3) is 2.89. The Hall–Kier alpha value is -2.41. The van der Waals surface area contributed by atoms with E-state index in [-0.39, 0.29) is 11.8 Å². The zero-order valence-corrected chi connectivity index (χ0v) is 14.7. The molecule has 25 heavy (non-hydrogen) atoms. The molecule has 1 fully saturated rings. The van der Waals surface area contributed by atoms with Crippen molar-refractivity contribution in [2.45, 2.75) is 26.7 Å². The molecule has 0 radical (unpaired) electrons. The third-order valence-corrected chi connectivity index (χ3v) is 5.09. The standard InChI is InChI=1S/C18H24N6O/c1-3-12(2)21-17(25)13-10-23(11-13)18-14-4-7-19-8-5-15(14)22-16-6-9-20-24(16)18/h3,6,9,13,19H,4-5,7-8,10-11H2,1-2H3,(H,21,25)/b12-3+. The van der Waals surface area contributed by atoms with Crippen molar-refractivity contribution in [1.29, 1.82) is 0 Å². The van der Waals surface area contributed by atoms with Gasteiger partial charge in [0.2, 0.25) is 5.91 Å². The molecule has 2 aromatic heterocycles. The number of nitrogens with one attached hydrogen (secondary N) is 2. The highest BCUT2D eigenvalue weighted by molar-refractivity contribution is 5.83. The van der Waals surface area contributed by atoms with Gasteiger partial charge < -0.3 is 15.5 Å². The van der Waals surface area contributed by atoms with Gasteiger partial charge in [0.15, 0.2) is 5.65 Å². The van der Waals surface area contributed by atoms with Gasteiger partial charge in [-0.25, -0.2) is 4.98 Å². The molecular formula is C18H24N6O. The monoisotopic (exact) mass is 340 g/mol. The van der Waals surface area contributed by atoms with Gasteiger partial charge >= 0.3 is 0 Å². The van der Waals surface area contributed by atoms with E-state index in [1.54, 1.807) is 6.20 Å². The highest BCUT2D eigenvalue weighted by Crippen LogP contribution is 2.31. The number of rotatable bonds is 3. The number of carbonyl (C=O) groups is 1. The van der Waals surface area contributed by atoms with Gasteiger partial charge in [0, 0.05) is 43.4 Å². The first-order valence-corrected chi connectivity index (χ1v) is 8.92. The molecule has 0 aliphatic carbocycles. The second kappa shape index (κ2) is 6.48. The number of nitrogens with zero attached hydrogens (tertiary/aromatic N) is 4. The summed E-state index contributed by atoms with van der Waals surface area (Å²) in [6.07, 6.45) is 5.58. The van der Waals surface area contributed by atoms with E-state index in [4.69, 9.17) is 4.98 Å². The lowest BCUT2D eigenvalue weighted by Gasteiger charge is -2.41. The average molecular weight is 340 g/mol. The van der Waals surface area contributed by atoms with Crippen LogP contribution in [-0.2, 0) is 17.6 Å². The molecule has 132 valence electrons. The molecule has 2 N–H and O–H groups in total. The summed E-state index contributed by atoms with van der Waals surface area (Å²) in [5.41, 5.74) is 4.21. The number of amides is 1. The van der Waals surface area contributed by atoms with Crippen LogP contribution in [-0.4, -0.2) is 46.7 Å².